The van der Waals surface area contributed by atoms with E-state index < -0.39 is 5.60 Å². The summed E-state index contributed by atoms with van der Waals surface area (Å²) in [5, 5.41) is 9.62. The molecule has 1 aliphatic rings. The standard InChI is InChI=1S/C8H15NO/c1-2-8(10)5-3-7(9)4-6-8/h2,7,10H,1,3-6,9H2. The zero-order valence-electron chi connectivity index (χ0n) is 6.21. The van der Waals surface area contributed by atoms with Gasteiger partial charge in [0.25, 0.3) is 0 Å². The number of rotatable bonds is 1. The van der Waals surface area contributed by atoms with Crippen LogP contribution in [0.25, 0.3) is 0 Å². The largest absolute Gasteiger partial charge is 0.386 e. The number of hydrogen-bond donors (Lipinski definition) is 2. The van der Waals surface area contributed by atoms with Gasteiger partial charge < -0.3 is 10.8 Å². The average molecular weight is 141 g/mol. The van der Waals surface area contributed by atoms with Gasteiger partial charge in [-0.2, -0.15) is 0 Å². The first-order chi connectivity index (χ1) is 4.66. The van der Waals surface area contributed by atoms with E-state index in [1.807, 2.05) is 0 Å². The van der Waals surface area contributed by atoms with Gasteiger partial charge in [-0.3, -0.25) is 0 Å². The molecular formula is C8H15NO. The maximum Gasteiger partial charge on any atom is 0.0826 e. The quantitative estimate of drug-likeness (QED) is 0.531. The van der Waals surface area contributed by atoms with Crippen LogP contribution in [-0.2, 0) is 0 Å². The van der Waals surface area contributed by atoms with Gasteiger partial charge in [0.2, 0.25) is 0 Å². The zero-order chi connectivity index (χ0) is 7.61. The van der Waals surface area contributed by atoms with Gasteiger partial charge in [0.15, 0.2) is 0 Å². The molecule has 0 heterocycles. The van der Waals surface area contributed by atoms with E-state index in [0.717, 1.165) is 25.7 Å². The van der Waals surface area contributed by atoms with Crippen molar-refractivity contribution in [2.75, 3.05) is 0 Å². The predicted octanol–water partition coefficient (Wildman–Crippen LogP) is 0.805. The fourth-order valence-electron chi connectivity index (χ4n) is 1.34. The van der Waals surface area contributed by atoms with Gasteiger partial charge in [0.1, 0.15) is 0 Å². The van der Waals surface area contributed by atoms with Crippen LogP contribution in [-0.4, -0.2) is 16.7 Å². The Bertz CT molecular complexity index is 125. The second-order valence-corrected chi connectivity index (χ2v) is 3.15. The normalized spacial score (nSPS) is 41.2. The molecule has 0 amide bonds. The minimum absolute atomic E-state index is 0.292. The Kier molecular flexibility index (Phi) is 2.11. The van der Waals surface area contributed by atoms with Crippen molar-refractivity contribution in [3.63, 3.8) is 0 Å². The molecule has 2 heteroatoms. The molecule has 1 fully saturated rings. The summed E-state index contributed by atoms with van der Waals surface area (Å²) in [6, 6.07) is 0.292. The van der Waals surface area contributed by atoms with E-state index in [1.165, 1.54) is 0 Å². The van der Waals surface area contributed by atoms with E-state index in [-0.39, 0.29) is 0 Å². The predicted molar refractivity (Wildman–Crippen MR) is 41.6 cm³/mol. The molecule has 0 spiro atoms. The van der Waals surface area contributed by atoms with Crippen molar-refractivity contribution in [1.29, 1.82) is 0 Å². The number of aliphatic hydroxyl groups is 1. The van der Waals surface area contributed by atoms with Gasteiger partial charge in [-0.15, -0.1) is 6.58 Å². The molecule has 0 aromatic carbocycles. The lowest BCUT2D eigenvalue weighted by atomic mass is 9.83. The molecule has 0 atom stereocenters. The second kappa shape index (κ2) is 2.72. The molecule has 58 valence electrons. The van der Waals surface area contributed by atoms with E-state index in [1.54, 1.807) is 6.08 Å². The van der Waals surface area contributed by atoms with Crippen molar-refractivity contribution in [3.05, 3.63) is 12.7 Å². The Morgan fingerprint density at radius 3 is 2.40 bits per heavy atom. The molecule has 0 unspecified atom stereocenters. The summed E-state index contributed by atoms with van der Waals surface area (Å²) in [6.45, 7) is 3.59. The van der Waals surface area contributed by atoms with Crippen LogP contribution < -0.4 is 5.73 Å². The van der Waals surface area contributed by atoms with Crippen LogP contribution in [0.1, 0.15) is 25.7 Å². The maximum atomic E-state index is 9.62. The SMILES string of the molecule is C=CC1(O)CCC(N)CC1. The highest BCUT2D eigenvalue weighted by molar-refractivity contribution is 4.99. The molecule has 3 N–H and O–H groups in total. The third-order valence-corrected chi connectivity index (χ3v) is 2.28. The average Bonchev–Trinajstić information content (AvgIpc) is 1.96. The fraction of sp³-hybridized carbons (Fsp3) is 0.750. The van der Waals surface area contributed by atoms with Crippen LogP contribution in [0.4, 0.5) is 0 Å². The van der Waals surface area contributed by atoms with Crippen molar-refractivity contribution in [2.24, 2.45) is 5.73 Å². The van der Waals surface area contributed by atoms with Gasteiger partial charge in [0.05, 0.1) is 5.60 Å². The summed E-state index contributed by atoms with van der Waals surface area (Å²) in [5.41, 5.74) is 5.05. The van der Waals surface area contributed by atoms with Gasteiger partial charge in [-0.1, -0.05) is 6.08 Å². The lowest BCUT2D eigenvalue weighted by Crippen LogP contribution is -2.36. The minimum Gasteiger partial charge on any atom is -0.386 e. The molecule has 10 heavy (non-hydrogen) atoms. The molecule has 2 nitrogen and oxygen atoms in total. The lowest BCUT2D eigenvalue weighted by Gasteiger charge is -2.31. The smallest absolute Gasteiger partial charge is 0.0826 e. The van der Waals surface area contributed by atoms with Gasteiger partial charge in [0, 0.05) is 6.04 Å². The summed E-state index contributed by atoms with van der Waals surface area (Å²) >= 11 is 0. The fourth-order valence-corrected chi connectivity index (χ4v) is 1.34. The van der Waals surface area contributed by atoms with E-state index in [9.17, 15) is 5.11 Å². The highest BCUT2D eigenvalue weighted by atomic mass is 16.3. The first-order valence-corrected chi connectivity index (χ1v) is 3.78. The van der Waals surface area contributed by atoms with Crippen LogP contribution >= 0.6 is 0 Å². The topological polar surface area (TPSA) is 46.2 Å². The van der Waals surface area contributed by atoms with Gasteiger partial charge in [-0.05, 0) is 25.7 Å². The second-order valence-electron chi connectivity index (χ2n) is 3.15. The molecule has 0 saturated heterocycles. The highest BCUT2D eigenvalue weighted by Crippen LogP contribution is 2.27. The molecule has 1 saturated carbocycles. The van der Waals surface area contributed by atoms with Crippen LogP contribution in [0.15, 0.2) is 12.7 Å². The summed E-state index contributed by atoms with van der Waals surface area (Å²) < 4.78 is 0. The van der Waals surface area contributed by atoms with Crippen LogP contribution in [0, 0.1) is 0 Å². The first kappa shape index (κ1) is 7.76. The summed E-state index contributed by atoms with van der Waals surface area (Å²) in [5.74, 6) is 0. The lowest BCUT2D eigenvalue weighted by molar-refractivity contribution is 0.0464. The summed E-state index contributed by atoms with van der Waals surface area (Å²) in [4.78, 5) is 0. The Balaban J connectivity index is 2.46. The van der Waals surface area contributed by atoms with E-state index in [2.05, 4.69) is 6.58 Å². The minimum atomic E-state index is -0.615. The molecular weight excluding hydrogens is 126 g/mol. The molecule has 0 aliphatic heterocycles. The van der Waals surface area contributed by atoms with Crippen molar-refractivity contribution in [2.45, 2.75) is 37.3 Å². The molecule has 0 aromatic heterocycles. The molecule has 1 aliphatic carbocycles. The van der Waals surface area contributed by atoms with Crippen molar-refractivity contribution in [3.8, 4) is 0 Å². The van der Waals surface area contributed by atoms with E-state index >= 15 is 0 Å². The van der Waals surface area contributed by atoms with Crippen molar-refractivity contribution < 1.29 is 5.11 Å². The number of nitrogens with two attached hydrogens (primary N) is 1. The van der Waals surface area contributed by atoms with Crippen LogP contribution in [0.5, 0.6) is 0 Å². The Morgan fingerprint density at radius 2 is 2.00 bits per heavy atom. The molecule has 0 aromatic rings. The van der Waals surface area contributed by atoms with E-state index in [0.29, 0.717) is 6.04 Å². The summed E-state index contributed by atoms with van der Waals surface area (Å²) in [7, 11) is 0. The highest BCUT2D eigenvalue weighted by Gasteiger charge is 2.28. The molecule has 0 radical (unpaired) electrons. The van der Waals surface area contributed by atoms with Gasteiger partial charge in [-0.25, -0.2) is 0 Å². The van der Waals surface area contributed by atoms with Crippen molar-refractivity contribution in [1.82, 2.24) is 0 Å². The zero-order valence-corrected chi connectivity index (χ0v) is 6.21. The van der Waals surface area contributed by atoms with E-state index in [4.69, 9.17) is 5.73 Å². The molecule has 0 bridgehead atoms. The third-order valence-electron chi connectivity index (χ3n) is 2.28. The summed E-state index contributed by atoms with van der Waals surface area (Å²) in [6.07, 6.45) is 5.03. The molecule has 1 rings (SSSR count). The number of hydrogen-bond acceptors (Lipinski definition) is 2. The first-order valence-electron chi connectivity index (χ1n) is 3.78. The monoisotopic (exact) mass is 141 g/mol. The van der Waals surface area contributed by atoms with Crippen LogP contribution in [0.3, 0.4) is 0 Å². The maximum absolute atomic E-state index is 9.62. The van der Waals surface area contributed by atoms with Crippen molar-refractivity contribution >= 4 is 0 Å². The Labute approximate surface area is 61.7 Å². The van der Waals surface area contributed by atoms with Crippen LogP contribution in [0.2, 0.25) is 0 Å². The Morgan fingerprint density at radius 1 is 1.50 bits per heavy atom. The third kappa shape index (κ3) is 1.58. The van der Waals surface area contributed by atoms with Gasteiger partial charge >= 0.3 is 0 Å². The Hall–Kier alpha value is -0.340.